The molecule has 8 nitrogen and oxygen atoms in total. The number of hydrogen-bond donors (Lipinski definition) is 2. The largest absolute Gasteiger partial charge is 0.487 e. The van der Waals surface area contributed by atoms with E-state index in [2.05, 4.69) is 31.0 Å². The van der Waals surface area contributed by atoms with Gasteiger partial charge in [0.05, 0.1) is 13.2 Å². The highest BCUT2D eigenvalue weighted by Crippen LogP contribution is 2.34. The fraction of sp³-hybridized carbons (Fsp3) is 0.667. The molecule has 1 aromatic rings. The Morgan fingerprint density at radius 2 is 1.97 bits per heavy atom. The molecule has 2 N–H and O–H groups in total. The molecule has 1 fully saturated rings. The van der Waals surface area contributed by atoms with Crippen molar-refractivity contribution in [3.8, 4) is 17.6 Å². The first-order chi connectivity index (χ1) is 17.0. The van der Waals surface area contributed by atoms with Gasteiger partial charge in [0.2, 0.25) is 10.0 Å². The molecule has 200 valence electrons. The number of ether oxygens (including phenoxy) is 1. The van der Waals surface area contributed by atoms with E-state index in [1.165, 1.54) is 10.4 Å². The van der Waals surface area contributed by atoms with Gasteiger partial charge in [-0.2, -0.15) is 4.31 Å². The Bertz CT molecular complexity index is 1070. The zero-order valence-electron chi connectivity index (χ0n) is 22.2. The number of sulfonamides is 1. The summed E-state index contributed by atoms with van der Waals surface area (Å²) in [6, 6.07) is 4.35. The lowest BCUT2D eigenvalue weighted by atomic mass is 10.0. The van der Waals surface area contributed by atoms with Crippen LogP contribution in [0.4, 0.5) is 4.79 Å². The van der Waals surface area contributed by atoms with Crippen LogP contribution in [0, 0.1) is 23.7 Å². The summed E-state index contributed by atoms with van der Waals surface area (Å²) in [5, 5.41) is 12.9. The van der Waals surface area contributed by atoms with E-state index in [0.717, 1.165) is 32.1 Å². The summed E-state index contributed by atoms with van der Waals surface area (Å²) in [4.78, 5) is 14.5. The van der Waals surface area contributed by atoms with Gasteiger partial charge in [0, 0.05) is 43.6 Å². The van der Waals surface area contributed by atoms with Crippen molar-refractivity contribution in [3.63, 3.8) is 0 Å². The van der Waals surface area contributed by atoms with E-state index in [1.807, 2.05) is 6.92 Å². The van der Waals surface area contributed by atoms with Gasteiger partial charge in [-0.3, -0.25) is 0 Å². The van der Waals surface area contributed by atoms with E-state index in [9.17, 15) is 18.3 Å². The van der Waals surface area contributed by atoms with E-state index in [1.54, 1.807) is 31.0 Å². The highest BCUT2D eigenvalue weighted by molar-refractivity contribution is 7.89. The average Bonchev–Trinajstić information content (AvgIpc) is 3.33. The van der Waals surface area contributed by atoms with Gasteiger partial charge in [0.1, 0.15) is 16.7 Å². The number of hydrogen-bond acceptors (Lipinski definition) is 5. The first-order valence-electron chi connectivity index (χ1n) is 13.0. The fourth-order valence-corrected chi connectivity index (χ4v) is 6.41. The molecule has 0 bridgehead atoms. The molecule has 1 aliphatic heterocycles. The molecule has 2 amide bonds. The van der Waals surface area contributed by atoms with Crippen molar-refractivity contribution in [3.05, 3.63) is 23.8 Å². The van der Waals surface area contributed by atoms with Gasteiger partial charge >= 0.3 is 6.03 Å². The predicted octanol–water partition coefficient (Wildman–Crippen LogP) is 3.44. The van der Waals surface area contributed by atoms with Gasteiger partial charge in [-0.15, -0.1) is 0 Å². The summed E-state index contributed by atoms with van der Waals surface area (Å²) in [6.45, 7) is 7.95. The predicted molar refractivity (Wildman–Crippen MR) is 140 cm³/mol. The maximum Gasteiger partial charge on any atom is 0.317 e. The van der Waals surface area contributed by atoms with E-state index in [-0.39, 0.29) is 41.8 Å². The zero-order valence-corrected chi connectivity index (χ0v) is 23.0. The minimum atomic E-state index is -3.91. The number of amides is 2. The first kappa shape index (κ1) is 28.3. The minimum Gasteiger partial charge on any atom is -0.487 e. The Balaban J connectivity index is 1.93. The highest BCUT2D eigenvalue weighted by atomic mass is 32.2. The van der Waals surface area contributed by atoms with E-state index in [4.69, 9.17) is 4.74 Å². The molecule has 1 heterocycles. The van der Waals surface area contributed by atoms with Crippen LogP contribution in [0.25, 0.3) is 0 Å². The Labute approximate surface area is 216 Å². The highest BCUT2D eigenvalue weighted by Gasteiger charge is 2.38. The molecule has 0 aromatic heterocycles. The molecular formula is C27H41N3O5S. The van der Waals surface area contributed by atoms with Crippen LogP contribution in [-0.4, -0.2) is 73.7 Å². The van der Waals surface area contributed by atoms with Crippen LogP contribution in [0.1, 0.15) is 65.4 Å². The van der Waals surface area contributed by atoms with Gasteiger partial charge in [0.25, 0.3) is 0 Å². The van der Waals surface area contributed by atoms with Crippen molar-refractivity contribution in [2.45, 2.75) is 82.9 Å². The maximum absolute atomic E-state index is 13.6. The van der Waals surface area contributed by atoms with Crippen molar-refractivity contribution in [1.82, 2.24) is 14.5 Å². The fourth-order valence-electron chi connectivity index (χ4n) is 4.59. The van der Waals surface area contributed by atoms with Gasteiger partial charge in [-0.1, -0.05) is 45.5 Å². The van der Waals surface area contributed by atoms with Crippen LogP contribution in [0.2, 0.25) is 0 Å². The lowest BCUT2D eigenvalue weighted by Crippen LogP contribution is -2.51. The second-order valence-electron chi connectivity index (χ2n) is 10.6. The molecule has 1 aromatic carbocycles. The van der Waals surface area contributed by atoms with Crippen molar-refractivity contribution >= 4 is 16.1 Å². The molecular weight excluding hydrogens is 478 g/mol. The van der Waals surface area contributed by atoms with Crippen LogP contribution in [0.15, 0.2) is 23.1 Å². The van der Waals surface area contributed by atoms with Crippen molar-refractivity contribution < 1.29 is 23.1 Å². The van der Waals surface area contributed by atoms with Crippen LogP contribution < -0.4 is 10.1 Å². The van der Waals surface area contributed by atoms with E-state index in [0.29, 0.717) is 18.0 Å². The third-order valence-electron chi connectivity index (χ3n) is 6.89. The summed E-state index contributed by atoms with van der Waals surface area (Å²) < 4.78 is 34.9. The van der Waals surface area contributed by atoms with Crippen molar-refractivity contribution in [1.29, 1.82) is 0 Å². The number of urea groups is 1. The molecule has 0 spiro atoms. The Morgan fingerprint density at radius 3 is 2.61 bits per heavy atom. The first-order valence-corrected chi connectivity index (χ1v) is 14.4. The van der Waals surface area contributed by atoms with Crippen molar-refractivity contribution in [2.75, 3.05) is 26.7 Å². The molecule has 36 heavy (non-hydrogen) atoms. The lowest BCUT2D eigenvalue weighted by molar-refractivity contribution is 0.0808. The number of nitrogens with one attached hydrogen (secondary N) is 1. The maximum atomic E-state index is 13.6. The third kappa shape index (κ3) is 6.93. The number of rotatable bonds is 6. The summed E-state index contributed by atoms with van der Waals surface area (Å²) in [6.07, 6.45) is 4.53. The van der Waals surface area contributed by atoms with Gasteiger partial charge in [0.15, 0.2) is 0 Å². The SMILES string of the molecule is CC(C)CC#Cc1ccc2c(c1)O[C@H](CN(C)C(=O)NC1CCCC1)[C@H](C)CN([C@H](C)CO)S2(=O)=O. The molecule has 0 saturated heterocycles. The van der Waals surface area contributed by atoms with E-state index >= 15 is 0 Å². The van der Waals surface area contributed by atoms with E-state index < -0.39 is 22.2 Å². The number of carbonyl (C=O) groups is 1. The second kappa shape index (κ2) is 12.3. The number of carbonyl (C=O) groups excluding carboxylic acids is 1. The lowest BCUT2D eigenvalue weighted by Gasteiger charge is -2.37. The Hall–Kier alpha value is -2.28. The average molecular weight is 520 g/mol. The summed E-state index contributed by atoms with van der Waals surface area (Å²) >= 11 is 0. The van der Waals surface area contributed by atoms with Crippen LogP contribution in [0.3, 0.4) is 0 Å². The zero-order chi connectivity index (χ0) is 26.5. The number of aliphatic hydroxyl groups is 1. The number of aliphatic hydroxyl groups excluding tert-OH is 1. The molecule has 9 heteroatoms. The summed E-state index contributed by atoms with van der Waals surface area (Å²) in [5.41, 5.74) is 0.672. The van der Waals surface area contributed by atoms with Gasteiger partial charge in [-0.25, -0.2) is 13.2 Å². The molecule has 0 radical (unpaired) electrons. The Kier molecular flexibility index (Phi) is 9.67. The van der Waals surface area contributed by atoms with Crippen LogP contribution in [-0.2, 0) is 10.0 Å². The number of fused-ring (bicyclic) bond motifs is 1. The van der Waals surface area contributed by atoms with Crippen LogP contribution in [0.5, 0.6) is 5.75 Å². The normalized spacial score (nSPS) is 23.0. The monoisotopic (exact) mass is 519 g/mol. The Morgan fingerprint density at radius 1 is 1.28 bits per heavy atom. The summed E-state index contributed by atoms with van der Waals surface area (Å²) in [5.74, 6) is 6.66. The number of nitrogens with zero attached hydrogens (tertiary/aromatic N) is 2. The molecule has 2 aliphatic rings. The second-order valence-corrected chi connectivity index (χ2v) is 12.5. The molecule has 1 aliphatic carbocycles. The standard InChI is InChI=1S/C27H41N3O5S/c1-19(2)9-8-10-22-13-14-26-24(15-22)35-25(17-29(5)27(32)28-23-11-6-7-12-23)20(3)16-30(21(4)18-31)36(26,33)34/h13-15,19-21,23,25,31H,6-7,9,11-12,16-18H2,1-5H3,(H,28,32)/t20-,21-,25-/m1/s1. The smallest absolute Gasteiger partial charge is 0.317 e. The molecule has 3 rings (SSSR count). The molecule has 0 unspecified atom stereocenters. The van der Waals surface area contributed by atoms with Gasteiger partial charge < -0.3 is 20.1 Å². The molecule has 1 saturated carbocycles. The number of benzene rings is 1. The quantitative estimate of drug-likeness (QED) is 0.561. The topological polar surface area (TPSA) is 99.2 Å². The molecule has 3 atom stereocenters. The van der Waals surface area contributed by atoms with Crippen molar-refractivity contribution in [2.24, 2.45) is 11.8 Å². The van der Waals surface area contributed by atoms with Gasteiger partial charge in [-0.05, 0) is 43.9 Å². The third-order valence-corrected chi connectivity index (χ3v) is 8.91. The number of likely N-dealkylation sites (N-methyl/N-ethyl adjacent to an activating group) is 1. The van der Waals surface area contributed by atoms with Crippen LogP contribution >= 0.6 is 0 Å². The summed E-state index contributed by atoms with van der Waals surface area (Å²) in [7, 11) is -2.18. The minimum absolute atomic E-state index is 0.0483.